The summed E-state index contributed by atoms with van der Waals surface area (Å²) in [5.41, 5.74) is 1.67. The van der Waals surface area contributed by atoms with Crippen LogP contribution in [-0.2, 0) is 9.59 Å². The Morgan fingerprint density at radius 2 is 1.72 bits per heavy atom. The number of halogens is 1. The SMILES string of the molecule is Cc1cccc(NC(=O)C(=O)N2CCN(c3ccc(F)cc3)CC2)n1. The van der Waals surface area contributed by atoms with Gasteiger partial charge in [0.1, 0.15) is 11.6 Å². The summed E-state index contributed by atoms with van der Waals surface area (Å²) >= 11 is 0. The second-order valence-electron chi connectivity index (χ2n) is 5.87. The number of pyridine rings is 1. The van der Waals surface area contributed by atoms with E-state index in [0.29, 0.717) is 32.0 Å². The standard InChI is InChI=1S/C18H19FN4O2/c1-13-3-2-4-16(20-13)21-17(24)18(25)23-11-9-22(10-12-23)15-7-5-14(19)6-8-15/h2-8H,9-12H2,1H3,(H,20,21,24). The Morgan fingerprint density at radius 1 is 1.04 bits per heavy atom. The lowest BCUT2D eigenvalue weighted by Gasteiger charge is -2.35. The molecule has 6 nitrogen and oxygen atoms in total. The van der Waals surface area contributed by atoms with Gasteiger partial charge in [-0.25, -0.2) is 9.37 Å². The minimum atomic E-state index is -0.687. The minimum absolute atomic E-state index is 0.279. The van der Waals surface area contributed by atoms with Crippen LogP contribution in [0.15, 0.2) is 42.5 Å². The third-order valence-electron chi connectivity index (χ3n) is 4.08. The van der Waals surface area contributed by atoms with Crippen LogP contribution in [0.4, 0.5) is 15.9 Å². The predicted octanol–water partition coefficient (Wildman–Crippen LogP) is 1.82. The lowest BCUT2D eigenvalue weighted by atomic mass is 10.2. The highest BCUT2D eigenvalue weighted by atomic mass is 19.1. The zero-order valence-corrected chi connectivity index (χ0v) is 13.9. The molecular formula is C18H19FN4O2. The molecule has 25 heavy (non-hydrogen) atoms. The summed E-state index contributed by atoms with van der Waals surface area (Å²) in [6.45, 7) is 3.86. The summed E-state index contributed by atoms with van der Waals surface area (Å²) in [4.78, 5) is 32.1. The Kier molecular flexibility index (Phi) is 4.92. The van der Waals surface area contributed by atoms with E-state index in [1.54, 1.807) is 24.3 Å². The van der Waals surface area contributed by atoms with Gasteiger partial charge in [-0.3, -0.25) is 9.59 Å². The lowest BCUT2D eigenvalue weighted by molar-refractivity contribution is -0.143. The number of carbonyl (C=O) groups excluding carboxylic acids is 2. The van der Waals surface area contributed by atoms with E-state index < -0.39 is 11.8 Å². The van der Waals surface area contributed by atoms with Gasteiger partial charge < -0.3 is 15.1 Å². The van der Waals surface area contributed by atoms with Crippen molar-refractivity contribution in [3.8, 4) is 0 Å². The fourth-order valence-corrected chi connectivity index (χ4v) is 2.75. The molecule has 3 rings (SSSR count). The molecule has 0 atom stereocenters. The first kappa shape index (κ1) is 16.9. The summed E-state index contributed by atoms with van der Waals surface area (Å²) in [6, 6.07) is 11.5. The van der Waals surface area contributed by atoms with Crippen molar-refractivity contribution in [2.75, 3.05) is 36.4 Å². The van der Waals surface area contributed by atoms with Crippen LogP contribution in [0.3, 0.4) is 0 Å². The number of aromatic nitrogens is 1. The van der Waals surface area contributed by atoms with Gasteiger partial charge in [0, 0.05) is 37.6 Å². The van der Waals surface area contributed by atoms with Crippen molar-refractivity contribution in [3.63, 3.8) is 0 Å². The van der Waals surface area contributed by atoms with Crippen molar-refractivity contribution in [1.29, 1.82) is 0 Å². The van der Waals surface area contributed by atoms with Crippen molar-refractivity contribution >= 4 is 23.3 Å². The smallest absolute Gasteiger partial charge is 0.315 e. The largest absolute Gasteiger partial charge is 0.368 e. The monoisotopic (exact) mass is 342 g/mol. The number of aryl methyl sites for hydroxylation is 1. The number of piperazine rings is 1. The highest BCUT2D eigenvalue weighted by Gasteiger charge is 2.26. The number of hydrogen-bond donors (Lipinski definition) is 1. The maximum Gasteiger partial charge on any atom is 0.315 e. The van der Waals surface area contributed by atoms with Gasteiger partial charge in [-0.05, 0) is 43.3 Å². The maximum atomic E-state index is 13.0. The molecule has 0 saturated carbocycles. The van der Waals surface area contributed by atoms with Crippen LogP contribution >= 0.6 is 0 Å². The zero-order valence-electron chi connectivity index (χ0n) is 13.9. The van der Waals surface area contributed by atoms with Crippen LogP contribution in [0.25, 0.3) is 0 Å². The third kappa shape index (κ3) is 4.12. The van der Waals surface area contributed by atoms with Gasteiger partial charge >= 0.3 is 11.8 Å². The Hall–Kier alpha value is -2.96. The average molecular weight is 342 g/mol. The number of nitrogens with zero attached hydrogens (tertiary/aromatic N) is 3. The van der Waals surface area contributed by atoms with Crippen LogP contribution in [-0.4, -0.2) is 47.9 Å². The third-order valence-corrected chi connectivity index (χ3v) is 4.08. The van der Waals surface area contributed by atoms with Crippen molar-refractivity contribution in [3.05, 3.63) is 54.0 Å². The summed E-state index contributed by atoms with van der Waals surface area (Å²) in [5, 5.41) is 2.53. The Balaban J connectivity index is 1.55. The second kappa shape index (κ2) is 7.29. The average Bonchev–Trinajstić information content (AvgIpc) is 2.62. The van der Waals surface area contributed by atoms with E-state index in [-0.39, 0.29) is 5.82 Å². The normalized spacial score (nSPS) is 14.3. The number of anilines is 2. The molecule has 2 aromatic rings. The molecule has 0 unspecified atom stereocenters. The Labute approximate surface area is 145 Å². The van der Waals surface area contributed by atoms with Gasteiger partial charge in [-0.15, -0.1) is 0 Å². The number of carbonyl (C=O) groups is 2. The number of rotatable bonds is 2. The fraction of sp³-hybridized carbons (Fsp3) is 0.278. The van der Waals surface area contributed by atoms with Crippen molar-refractivity contribution in [2.24, 2.45) is 0 Å². The first-order chi connectivity index (χ1) is 12.0. The fourth-order valence-electron chi connectivity index (χ4n) is 2.75. The molecule has 1 aliphatic rings. The van der Waals surface area contributed by atoms with Gasteiger partial charge in [0.2, 0.25) is 0 Å². The maximum absolute atomic E-state index is 13.0. The van der Waals surface area contributed by atoms with Gasteiger partial charge in [0.15, 0.2) is 0 Å². The number of nitrogens with one attached hydrogen (secondary N) is 1. The summed E-state index contributed by atoms with van der Waals surface area (Å²) in [6.07, 6.45) is 0. The molecule has 130 valence electrons. The van der Waals surface area contributed by atoms with E-state index in [1.165, 1.54) is 17.0 Å². The summed E-state index contributed by atoms with van der Waals surface area (Å²) < 4.78 is 13.0. The molecule has 1 N–H and O–H groups in total. The van der Waals surface area contributed by atoms with Gasteiger partial charge in [0.05, 0.1) is 0 Å². The molecule has 7 heteroatoms. The molecule has 1 aromatic heterocycles. The highest BCUT2D eigenvalue weighted by Crippen LogP contribution is 2.17. The van der Waals surface area contributed by atoms with Crippen molar-refractivity contribution < 1.29 is 14.0 Å². The number of amides is 2. The second-order valence-corrected chi connectivity index (χ2v) is 5.87. The van der Waals surface area contributed by atoms with E-state index in [4.69, 9.17) is 0 Å². The van der Waals surface area contributed by atoms with E-state index in [0.717, 1.165) is 11.4 Å². The molecular weight excluding hydrogens is 323 g/mol. The van der Waals surface area contributed by atoms with Crippen LogP contribution in [0.1, 0.15) is 5.69 Å². The van der Waals surface area contributed by atoms with Crippen LogP contribution in [0.2, 0.25) is 0 Å². The van der Waals surface area contributed by atoms with Gasteiger partial charge in [-0.2, -0.15) is 0 Å². The van der Waals surface area contributed by atoms with Gasteiger partial charge in [-0.1, -0.05) is 6.07 Å². The van der Waals surface area contributed by atoms with Crippen molar-refractivity contribution in [1.82, 2.24) is 9.88 Å². The summed E-state index contributed by atoms with van der Waals surface area (Å²) in [7, 11) is 0. The molecule has 1 fully saturated rings. The quantitative estimate of drug-likeness (QED) is 0.846. The van der Waals surface area contributed by atoms with E-state index in [2.05, 4.69) is 15.2 Å². The zero-order chi connectivity index (χ0) is 17.8. The number of hydrogen-bond acceptors (Lipinski definition) is 4. The Morgan fingerprint density at radius 3 is 2.36 bits per heavy atom. The lowest BCUT2D eigenvalue weighted by Crippen LogP contribution is -2.51. The van der Waals surface area contributed by atoms with E-state index in [9.17, 15) is 14.0 Å². The van der Waals surface area contributed by atoms with Crippen LogP contribution in [0.5, 0.6) is 0 Å². The Bertz CT molecular complexity index is 771. The topological polar surface area (TPSA) is 65.5 Å². The first-order valence-electron chi connectivity index (χ1n) is 8.07. The molecule has 1 aromatic carbocycles. The van der Waals surface area contributed by atoms with Crippen LogP contribution in [0, 0.1) is 12.7 Å². The molecule has 0 radical (unpaired) electrons. The number of benzene rings is 1. The van der Waals surface area contributed by atoms with Crippen LogP contribution < -0.4 is 10.2 Å². The molecule has 2 amide bonds. The molecule has 1 aliphatic heterocycles. The molecule has 0 spiro atoms. The highest BCUT2D eigenvalue weighted by molar-refractivity contribution is 6.39. The van der Waals surface area contributed by atoms with E-state index in [1.807, 2.05) is 13.0 Å². The molecule has 0 aliphatic carbocycles. The summed E-state index contributed by atoms with van der Waals surface area (Å²) in [5.74, 6) is -1.17. The minimum Gasteiger partial charge on any atom is -0.368 e. The van der Waals surface area contributed by atoms with E-state index >= 15 is 0 Å². The molecule has 0 bridgehead atoms. The van der Waals surface area contributed by atoms with Gasteiger partial charge in [0.25, 0.3) is 0 Å². The van der Waals surface area contributed by atoms with Crippen molar-refractivity contribution in [2.45, 2.75) is 6.92 Å². The molecule has 2 heterocycles. The first-order valence-corrected chi connectivity index (χ1v) is 8.07. The molecule has 1 saturated heterocycles. The predicted molar refractivity (Wildman–Crippen MR) is 92.8 cm³/mol.